The predicted octanol–water partition coefficient (Wildman–Crippen LogP) is 3.14. The van der Waals surface area contributed by atoms with E-state index in [1.165, 1.54) is 0 Å². The fourth-order valence-corrected chi connectivity index (χ4v) is 1.57. The van der Waals surface area contributed by atoms with E-state index >= 15 is 0 Å². The first-order valence-electron chi connectivity index (χ1n) is 3.76. The third-order valence-electron chi connectivity index (χ3n) is 1.54. The largest absolute Gasteiger partial charge is 0.436 e. The van der Waals surface area contributed by atoms with Crippen molar-refractivity contribution in [1.82, 2.24) is 10.2 Å². The summed E-state index contributed by atoms with van der Waals surface area (Å²) >= 11 is 2.87. The second-order valence-corrected chi connectivity index (χ2v) is 3.41. The zero-order valence-electron chi connectivity index (χ0n) is 6.87. The van der Waals surface area contributed by atoms with Crippen molar-refractivity contribution in [2.24, 2.45) is 0 Å². The molecule has 0 amide bonds. The molecule has 0 saturated carbocycles. The van der Waals surface area contributed by atoms with Gasteiger partial charge in [0.1, 0.15) is 0 Å². The van der Waals surface area contributed by atoms with Gasteiger partial charge in [-0.1, -0.05) is 13.3 Å². The molecule has 1 aromatic heterocycles. The van der Waals surface area contributed by atoms with E-state index < -0.39 is 11.9 Å². The lowest BCUT2D eigenvalue weighted by Gasteiger charge is -2.01. The molecule has 1 rings (SSSR count). The summed E-state index contributed by atoms with van der Waals surface area (Å²) in [7, 11) is 0. The van der Waals surface area contributed by atoms with Gasteiger partial charge in [0.05, 0.1) is 10.2 Å². The monoisotopic (exact) mass is 256 g/mol. The Labute approximate surface area is 81.7 Å². The quantitative estimate of drug-likeness (QED) is 0.866. The van der Waals surface area contributed by atoms with Crippen molar-refractivity contribution < 1.29 is 13.2 Å². The van der Waals surface area contributed by atoms with Crippen LogP contribution in [0.5, 0.6) is 0 Å². The minimum atomic E-state index is -4.39. The van der Waals surface area contributed by atoms with Crippen LogP contribution in [0.2, 0.25) is 0 Å². The molecular weight excluding hydrogens is 249 g/mol. The molecule has 1 N–H and O–H groups in total. The summed E-state index contributed by atoms with van der Waals surface area (Å²) in [6, 6.07) is 0. The van der Waals surface area contributed by atoms with Crippen molar-refractivity contribution in [1.29, 1.82) is 0 Å². The Kier molecular flexibility index (Phi) is 3.00. The van der Waals surface area contributed by atoms with Crippen molar-refractivity contribution >= 4 is 15.9 Å². The Morgan fingerprint density at radius 1 is 1.46 bits per heavy atom. The van der Waals surface area contributed by atoms with Crippen LogP contribution in [0.1, 0.15) is 24.7 Å². The zero-order chi connectivity index (χ0) is 10.1. The second kappa shape index (κ2) is 3.69. The third-order valence-corrected chi connectivity index (χ3v) is 2.40. The van der Waals surface area contributed by atoms with Crippen molar-refractivity contribution in [2.75, 3.05) is 0 Å². The maximum Gasteiger partial charge on any atom is 0.436 e. The maximum atomic E-state index is 12.2. The van der Waals surface area contributed by atoms with Crippen molar-refractivity contribution in [3.05, 3.63) is 15.9 Å². The standard InChI is InChI=1S/C7H8BrF3N2/c1-2-3-4-5(8)6(13-12-4)7(9,10)11/h2-3H2,1H3,(H,12,13). The molecule has 0 fully saturated rings. The first-order valence-corrected chi connectivity index (χ1v) is 4.56. The normalized spacial score (nSPS) is 12.1. The van der Waals surface area contributed by atoms with E-state index in [0.29, 0.717) is 12.1 Å². The SMILES string of the molecule is CCCc1[nH]nc(C(F)(F)F)c1Br. The molecule has 0 aromatic carbocycles. The van der Waals surface area contributed by atoms with Gasteiger partial charge in [0.15, 0.2) is 5.69 Å². The molecule has 0 aliphatic heterocycles. The maximum absolute atomic E-state index is 12.2. The Bertz CT molecular complexity index is 292. The highest BCUT2D eigenvalue weighted by Crippen LogP contribution is 2.34. The molecule has 0 radical (unpaired) electrons. The summed E-state index contributed by atoms with van der Waals surface area (Å²) in [5, 5.41) is 5.57. The van der Waals surface area contributed by atoms with E-state index in [1.54, 1.807) is 0 Å². The lowest BCUT2D eigenvalue weighted by molar-refractivity contribution is -0.141. The van der Waals surface area contributed by atoms with Crippen molar-refractivity contribution in [3.8, 4) is 0 Å². The lowest BCUT2D eigenvalue weighted by atomic mass is 10.2. The summed E-state index contributed by atoms with van der Waals surface area (Å²) < 4.78 is 36.6. The van der Waals surface area contributed by atoms with Crippen molar-refractivity contribution in [2.45, 2.75) is 25.9 Å². The highest BCUT2D eigenvalue weighted by Gasteiger charge is 2.37. The summed E-state index contributed by atoms with van der Waals surface area (Å²) in [5.41, 5.74) is -0.384. The molecule has 0 spiro atoms. The highest BCUT2D eigenvalue weighted by atomic mass is 79.9. The molecule has 0 unspecified atom stereocenters. The van der Waals surface area contributed by atoms with Crippen LogP contribution < -0.4 is 0 Å². The topological polar surface area (TPSA) is 28.7 Å². The lowest BCUT2D eigenvalue weighted by Crippen LogP contribution is -2.06. The number of hydrogen-bond acceptors (Lipinski definition) is 1. The summed E-state index contributed by atoms with van der Waals surface area (Å²) in [6.45, 7) is 1.89. The average Bonchev–Trinajstić information content (AvgIpc) is 2.32. The number of alkyl halides is 3. The van der Waals surface area contributed by atoms with Gasteiger partial charge < -0.3 is 0 Å². The van der Waals surface area contributed by atoms with Gasteiger partial charge in [-0.15, -0.1) is 0 Å². The summed E-state index contributed by atoms with van der Waals surface area (Å²) in [4.78, 5) is 0. The van der Waals surface area contributed by atoms with Gasteiger partial charge in [0.25, 0.3) is 0 Å². The molecule has 13 heavy (non-hydrogen) atoms. The van der Waals surface area contributed by atoms with Gasteiger partial charge in [-0.25, -0.2) is 0 Å². The van der Waals surface area contributed by atoms with Crippen LogP contribution in [0.25, 0.3) is 0 Å². The Hall–Kier alpha value is -0.520. The molecule has 1 heterocycles. The molecule has 0 saturated heterocycles. The number of aromatic amines is 1. The molecule has 74 valence electrons. The highest BCUT2D eigenvalue weighted by molar-refractivity contribution is 9.10. The molecule has 0 atom stereocenters. The first kappa shape index (κ1) is 10.6. The van der Waals surface area contributed by atoms with E-state index in [-0.39, 0.29) is 4.47 Å². The average molecular weight is 257 g/mol. The number of halogens is 4. The summed E-state index contributed by atoms with van der Waals surface area (Å²) in [5.74, 6) is 0. The number of nitrogens with zero attached hydrogens (tertiary/aromatic N) is 1. The predicted molar refractivity (Wildman–Crippen MR) is 45.3 cm³/mol. The van der Waals surface area contributed by atoms with Gasteiger partial charge in [-0.3, -0.25) is 5.10 Å². The third kappa shape index (κ3) is 2.24. The van der Waals surface area contributed by atoms with Crippen LogP contribution in [-0.2, 0) is 12.6 Å². The van der Waals surface area contributed by atoms with Gasteiger partial charge >= 0.3 is 6.18 Å². The van der Waals surface area contributed by atoms with Crippen LogP contribution in [0.15, 0.2) is 4.47 Å². The number of aryl methyl sites for hydroxylation is 1. The number of nitrogens with one attached hydrogen (secondary N) is 1. The van der Waals surface area contributed by atoms with Crippen LogP contribution in [0.3, 0.4) is 0 Å². The van der Waals surface area contributed by atoms with Crippen LogP contribution >= 0.6 is 15.9 Å². The number of hydrogen-bond donors (Lipinski definition) is 1. The molecule has 2 nitrogen and oxygen atoms in total. The van der Waals surface area contributed by atoms with E-state index in [0.717, 1.165) is 6.42 Å². The Morgan fingerprint density at radius 2 is 2.08 bits per heavy atom. The Morgan fingerprint density at radius 3 is 2.46 bits per heavy atom. The number of rotatable bonds is 2. The van der Waals surface area contributed by atoms with Gasteiger partial charge in [-0.2, -0.15) is 18.3 Å². The molecule has 0 aliphatic carbocycles. The van der Waals surface area contributed by atoms with Crippen molar-refractivity contribution in [3.63, 3.8) is 0 Å². The molecule has 6 heteroatoms. The smallest absolute Gasteiger partial charge is 0.281 e. The number of aromatic nitrogens is 2. The molecule has 0 aliphatic rings. The van der Waals surface area contributed by atoms with Gasteiger partial charge in [0.2, 0.25) is 0 Å². The van der Waals surface area contributed by atoms with Crippen LogP contribution in [-0.4, -0.2) is 10.2 Å². The van der Waals surface area contributed by atoms with Gasteiger partial charge in [-0.05, 0) is 22.4 Å². The first-order chi connectivity index (χ1) is 5.96. The minimum absolute atomic E-state index is 0.0295. The fourth-order valence-electron chi connectivity index (χ4n) is 0.968. The van der Waals surface area contributed by atoms with Crippen LogP contribution in [0.4, 0.5) is 13.2 Å². The van der Waals surface area contributed by atoms with E-state index in [1.807, 2.05) is 6.92 Å². The zero-order valence-corrected chi connectivity index (χ0v) is 8.46. The van der Waals surface area contributed by atoms with E-state index in [2.05, 4.69) is 26.1 Å². The number of H-pyrrole nitrogens is 1. The van der Waals surface area contributed by atoms with E-state index in [9.17, 15) is 13.2 Å². The second-order valence-electron chi connectivity index (χ2n) is 2.61. The van der Waals surface area contributed by atoms with E-state index in [4.69, 9.17) is 0 Å². The van der Waals surface area contributed by atoms with Gasteiger partial charge in [0, 0.05) is 0 Å². The molecule has 1 aromatic rings. The molecule has 0 bridgehead atoms. The molecular formula is C7H8BrF3N2. The van der Waals surface area contributed by atoms with Crippen LogP contribution in [0, 0.1) is 0 Å². The summed E-state index contributed by atoms with van der Waals surface area (Å²) in [6.07, 6.45) is -3.05. The Balaban J connectivity index is 2.99. The fraction of sp³-hybridized carbons (Fsp3) is 0.571. The minimum Gasteiger partial charge on any atom is -0.281 e.